The number of nitrogens with one attached hydrogen (secondary N) is 2. The van der Waals surface area contributed by atoms with Gasteiger partial charge in [0.2, 0.25) is 0 Å². The van der Waals surface area contributed by atoms with Crippen LogP contribution in [0.15, 0.2) is 24.3 Å². The van der Waals surface area contributed by atoms with Gasteiger partial charge in [-0.2, -0.15) is 0 Å². The molecule has 0 aromatic heterocycles. The van der Waals surface area contributed by atoms with E-state index in [4.69, 9.17) is 16.7 Å². The average molecular weight is 219 g/mol. The molecule has 0 amide bonds. The molecule has 0 aliphatic heterocycles. The molecule has 1 atom stereocenters. The molecule has 0 saturated carbocycles. The highest BCUT2D eigenvalue weighted by atomic mass is 35.5. The second kappa shape index (κ2) is 4.78. The Kier molecular flexibility index (Phi) is 3.67. The third kappa shape index (κ3) is 2.86. The Morgan fingerprint density at radius 3 is 2.71 bits per heavy atom. The smallest absolute Gasteiger partial charge is 0.337 e. The van der Waals surface area contributed by atoms with Crippen LogP contribution in [0.2, 0.25) is 0 Å². The number of hydrazine groups is 1. The van der Waals surface area contributed by atoms with Crippen LogP contribution in [0.25, 0.3) is 0 Å². The molecule has 0 spiro atoms. The Morgan fingerprint density at radius 1 is 1.50 bits per heavy atom. The van der Waals surface area contributed by atoms with Gasteiger partial charge >= 0.3 is 5.97 Å². The lowest BCUT2D eigenvalue weighted by Gasteiger charge is -2.10. The number of benzene rings is 1. The summed E-state index contributed by atoms with van der Waals surface area (Å²) in [6, 6.07) is 5.83. The number of carboxylic acid groups (broad SMARTS) is 1. The van der Waals surface area contributed by atoms with Gasteiger partial charge in [-0.1, -0.05) is 23.7 Å². The van der Waals surface area contributed by atoms with Crippen molar-refractivity contribution in [2.45, 2.75) is 5.50 Å². The van der Waals surface area contributed by atoms with Crippen LogP contribution in [0.1, 0.15) is 0 Å². The van der Waals surface area contributed by atoms with Crippen LogP contribution in [-0.2, 0) is 4.79 Å². The fourth-order valence-corrected chi connectivity index (χ4v) is 0.820. The van der Waals surface area contributed by atoms with Gasteiger partial charge in [-0.3, -0.25) is 0 Å². The van der Waals surface area contributed by atoms with E-state index in [-0.39, 0.29) is 5.69 Å². The van der Waals surface area contributed by atoms with E-state index in [1.807, 2.05) is 0 Å². The molecule has 14 heavy (non-hydrogen) atoms. The topological polar surface area (TPSA) is 61.4 Å². The van der Waals surface area contributed by atoms with Gasteiger partial charge in [0.15, 0.2) is 5.50 Å². The Balaban J connectivity index is 2.54. The van der Waals surface area contributed by atoms with Gasteiger partial charge < -0.3 is 10.5 Å². The van der Waals surface area contributed by atoms with Crippen molar-refractivity contribution in [3.63, 3.8) is 0 Å². The summed E-state index contributed by atoms with van der Waals surface area (Å²) >= 11 is 5.32. The molecule has 0 radical (unpaired) electrons. The highest BCUT2D eigenvalue weighted by Crippen LogP contribution is 2.11. The predicted octanol–water partition coefficient (Wildman–Crippen LogP) is 1.39. The van der Waals surface area contributed by atoms with Crippen molar-refractivity contribution >= 4 is 23.3 Å². The summed E-state index contributed by atoms with van der Waals surface area (Å²) in [4.78, 5) is 10.3. The highest BCUT2D eigenvalue weighted by Gasteiger charge is 2.12. The van der Waals surface area contributed by atoms with E-state index >= 15 is 0 Å². The van der Waals surface area contributed by atoms with Crippen molar-refractivity contribution in [2.75, 3.05) is 5.43 Å². The normalized spacial score (nSPS) is 12.1. The van der Waals surface area contributed by atoms with E-state index in [0.29, 0.717) is 0 Å². The first-order valence-corrected chi connectivity index (χ1v) is 4.18. The molecule has 1 aromatic carbocycles. The predicted molar refractivity (Wildman–Crippen MR) is 50.4 cm³/mol. The SMILES string of the molecule is O=C(O)C(Cl)NNc1ccccc1F. The molecule has 0 fully saturated rings. The maximum atomic E-state index is 12.9. The van der Waals surface area contributed by atoms with E-state index in [1.165, 1.54) is 18.2 Å². The van der Waals surface area contributed by atoms with E-state index < -0.39 is 17.3 Å². The van der Waals surface area contributed by atoms with Crippen LogP contribution in [0.5, 0.6) is 0 Å². The standard InChI is InChI=1S/C8H8ClFN2O2/c9-7(8(13)14)12-11-6-4-2-1-3-5(6)10/h1-4,7,11-12H,(H,13,14). The largest absolute Gasteiger partial charge is 0.479 e. The summed E-state index contributed by atoms with van der Waals surface area (Å²) in [6.07, 6.45) is 0. The van der Waals surface area contributed by atoms with E-state index in [2.05, 4.69) is 10.9 Å². The molecule has 0 aliphatic rings. The third-order valence-corrected chi connectivity index (χ3v) is 1.72. The van der Waals surface area contributed by atoms with Gasteiger partial charge in [0.1, 0.15) is 5.82 Å². The second-order valence-electron chi connectivity index (χ2n) is 2.45. The molecule has 1 unspecified atom stereocenters. The fourth-order valence-electron chi connectivity index (χ4n) is 0.765. The minimum Gasteiger partial charge on any atom is -0.479 e. The van der Waals surface area contributed by atoms with Crippen LogP contribution in [0.4, 0.5) is 10.1 Å². The third-order valence-electron chi connectivity index (χ3n) is 1.42. The Hall–Kier alpha value is -1.33. The zero-order valence-corrected chi connectivity index (χ0v) is 7.75. The number of carboxylic acids is 1. The first-order valence-electron chi connectivity index (χ1n) is 3.74. The van der Waals surface area contributed by atoms with Crippen LogP contribution in [0, 0.1) is 5.82 Å². The summed E-state index contributed by atoms with van der Waals surface area (Å²) in [5, 5.41) is 8.40. The monoisotopic (exact) mass is 218 g/mol. The first-order chi connectivity index (χ1) is 6.61. The summed E-state index contributed by atoms with van der Waals surface area (Å²) in [5.74, 6) is -1.73. The summed E-state index contributed by atoms with van der Waals surface area (Å²) in [6.45, 7) is 0. The number of anilines is 1. The molecular weight excluding hydrogens is 211 g/mol. The van der Waals surface area contributed by atoms with Crippen LogP contribution in [-0.4, -0.2) is 16.6 Å². The van der Waals surface area contributed by atoms with Crippen molar-refractivity contribution < 1.29 is 14.3 Å². The lowest BCUT2D eigenvalue weighted by molar-refractivity contribution is -0.137. The van der Waals surface area contributed by atoms with Gasteiger partial charge in [0.25, 0.3) is 0 Å². The van der Waals surface area contributed by atoms with Gasteiger partial charge in [0, 0.05) is 0 Å². The highest BCUT2D eigenvalue weighted by molar-refractivity contribution is 6.29. The van der Waals surface area contributed by atoms with Crippen molar-refractivity contribution in [1.82, 2.24) is 5.43 Å². The first kappa shape index (κ1) is 10.7. The van der Waals surface area contributed by atoms with Crippen LogP contribution in [0.3, 0.4) is 0 Å². The molecular formula is C8H8ClFN2O2. The minimum absolute atomic E-state index is 0.138. The lowest BCUT2D eigenvalue weighted by Crippen LogP contribution is -2.36. The molecule has 3 N–H and O–H groups in total. The summed E-state index contributed by atoms with van der Waals surface area (Å²) in [7, 11) is 0. The molecule has 0 aliphatic carbocycles. The number of carbonyl (C=O) groups is 1. The summed E-state index contributed by atoms with van der Waals surface area (Å²) in [5.41, 5.74) is 3.40. The number of para-hydroxylation sites is 1. The molecule has 0 bridgehead atoms. The average Bonchev–Trinajstić information content (AvgIpc) is 2.16. The molecule has 1 aromatic rings. The van der Waals surface area contributed by atoms with Gasteiger partial charge in [0.05, 0.1) is 5.69 Å². The van der Waals surface area contributed by atoms with E-state index in [1.54, 1.807) is 6.07 Å². The van der Waals surface area contributed by atoms with Gasteiger partial charge in [-0.15, -0.1) is 0 Å². The van der Waals surface area contributed by atoms with Crippen molar-refractivity contribution in [3.8, 4) is 0 Å². The Bertz CT molecular complexity index is 335. The van der Waals surface area contributed by atoms with E-state index in [9.17, 15) is 9.18 Å². The molecule has 0 heterocycles. The van der Waals surface area contributed by atoms with Crippen molar-refractivity contribution in [2.24, 2.45) is 0 Å². The van der Waals surface area contributed by atoms with E-state index in [0.717, 1.165) is 0 Å². The Morgan fingerprint density at radius 2 is 2.14 bits per heavy atom. The van der Waals surface area contributed by atoms with Crippen molar-refractivity contribution in [3.05, 3.63) is 30.1 Å². The zero-order valence-electron chi connectivity index (χ0n) is 7.00. The van der Waals surface area contributed by atoms with Gasteiger partial charge in [-0.25, -0.2) is 14.6 Å². The van der Waals surface area contributed by atoms with Crippen molar-refractivity contribution in [1.29, 1.82) is 0 Å². The maximum Gasteiger partial charge on any atom is 0.337 e. The number of halogens is 2. The minimum atomic E-state index is -1.31. The van der Waals surface area contributed by atoms with Crippen LogP contribution < -0.4 is 10.9 Å². The number of alkyl halides is 1. The number of aliphatic carboxylic acids is 1. The molecule has 1 rings (SSSR count). The second-order valence-corrected chi connectivity index (χ2v) is 2.89. The quantitative estimate of drug-likeness (QED) is 0.406. The number of rotatable bonds is 4. The van der Waals surface area contributed by atoms with Crippen LogP contribution >= 0.6 is 11.6 Å². The Labute approximate surface area is 84.7 Å². The lowest BCUT2D eigenvalue weighted by atomic mass is 10.3. The zero-order chi connectivity index (χ0) is 10.6. The van der Waals surface area contributed by atoms with Gasteiger partial charge in [-0.05, 0) is 12.1 Å². The number of hydrogen-bond acceptors (Lipinski definition) is 3. The fraction of sp³-hybridized carbons (Fsp3) is 0.125. The molecule has 6 heteroatoms. The molecule has 4 nitrogen and oxygen atoms in total. The maximum absolute atomic E-state index is 12.9. The molecule has 76 valence electrons. The summed E-state index contributed by atoms with van der Waals surface area (Å²) < 4.78 is 12.9. The number of hydrogen-bond donors (Lipinski definition) is 3. The molecule has 0 saturated heterocycles.